The summed E-state index contributed by atoms with van der Waals surface area (Å²) in [6.07, 6.45) is 0.897. The first kappa shape index (κ1) is 20.9. The number of benzene rings is 2. The molecule has 0 aliphatic heterocycles. The molecule has 2 aromatic rings. The van der Waals surface area contributed by atoms with Crippen molar-refractivity contribution in [3.63, 3.8) is 0 Å². The van der Waals surface area contributed by atoms with Crippen molar-refractivity contribution in [2.75, 3.05) is 6.61 Å². The van der Waals surface area contributed by atoms with Gasteiger partial charge in [0.15, 0.2) is 6.61 Å². The van der Waals surface area contributed by atoms with E-state index in [0.29, 0.717) is 11.3 Å². The van der Waals surface area contributed by atoms with Crippen molar-refractivity contribution in [2.24, 2.45) is 0 Å². The highest BCUT2D eigenvalue weighted by molar-refractivity contribution is 7.89. The molecule has 6 nitrogen and oxygen atoms in total. The van der Waals surface area contributed by atoms with Crippen LogP contribution in [0.15, 0.2) is 53.4 Å². The first-order valence-corrected chi connectivity index (χ1v) is 10.4. The van der Waals surface area contributed by atoms with E-state index in [1.807, 2.05) is 24.3 Å². The van der Waals surface area contributed by atoms with Crippen molar-refractivity contribution in [3.8, 4) is 5.75 Å². The molecule has 0 saturated carbocycles. The third-order valence-corrected chi connectivity index (χ3v) is 5.42. The van der Waals surface area contributed by atoms with Crippen LogP contribution in [0.5, 0.6) is 5.75 Å². The van der Waals surface area contributed by atoms with Gasteiger partial charge < -0.3 is 10.1 Å². The molecule has 146 valence electrons. The molecule has 0 bridgehead atoms. The van der Waals surface area contributed by atoms with E-state index in [9.17, 15) is 13.2 Å². The molecule has 2 N–H and O–H groups in total. The molecule has 0 spiro atoms. The second kappa shape index (κ2) is 9.53. The molecule has 27 heavy (non-hydrogen) atoms. The number of aryl methyl sites for hydroxylation is 1. The van der Waals surface area contributed by atoms with Gasteiger partial charge in [-0.2, -0.15) is 0 Å². The number of sulfonamides is 1. The maximum absolute atomic E-state index is 12.2. The molecule has 0 aliphatic carbocycles. The van der Waals surface area contributed by atoms with Gasteiger partial charge in [0.05, 0.1) is 4.90 Å². The average Bonchev–Trinajstić information content (AvgIpc) is 2.64. The van der Waals surface area contributed by atoms with Gasteiger partial charge in [0, 0.05) is 12.6 Å². The third-order valence-electron chi connectivity index (χ3n) is 3.77. The summed E-state index contributed by atoms with van der Waals surface area (Å²) in [5, 5.41) is 2.74. The summed E-state index contributed by atoms with van der Waals surface area (Å²) in [6.45, 7) is 5.70. The van der Waals surface area contributed by atoms with Crippen molar-refractivity contribution in [1.29, 1.82) is 0 Å². The van der Waals surface area contributed by atoms with Crippen LogP contribution in [-0.4, -0.2) is 27.0 Å². The number of carbonyl (C=O) groups is 1. The van der Waals surface area contributed by atoms with E-state index in [2.05, 4.69) is 17.0 Å². The fraction of sp³-hybridized carbons (Fsp3) is 0.350. The average molecular weight is 391 g/mol. The molecule has 0 unspecified atom stereocenters. The lowest BCUT2D eigenvalue weighted by Crippen LogP contribution is -2.30. The van der Waals surface area contributed by atoms with Gasteiger partial charge in [-0.3, -0.25) is 4.79 Å². The van der Waals surface area contributed by atoms with E-state index in [1.165, 1.54) is 6.07 Å². The molecule has 2 aromatic carbocycles. The Hall–Kier alpha value is -2.38. The number of hydrogen-bond donors (Lipinski definition) is 2. The Labute approximate surface area is 161 Å². The normalized spacial score (nSPS) is 11.4. The SMILES string of the molecule is CCc1cccc(OCC(=O)NCc2cccc(S(=O)(=O)NC(C)C)c2)c1. The molecule has 0 fully saturated rings. The molecule has 1 amide bonds. The first-order chi connectivity index (χ1) is 12.8. The van der Waals surface area contributed by atoms with Crippen LogP contribution >= 0.6 is 0 Å². The Morgan fingerprint density at radius 2 is 1.78 bits per heavy atom. The lowest BCUT2D eigenvalue weighted by molar-refractivity contribution is -0.123. The van der Waals surface area contributed by atoms with Crippen LogP contribution in [0, 0.1) is 0 Å². The summed E-state index contributed by atoms with van der Waals surface area (Å²) in [7, 11) is -3.56. The molecular formula is C20H26N2O4S. The van der Waals surface area contributed by atoms with Crippen molar-refractivity contribution < 1.29 is 17.9 Å². The summed E-state index contributed by atoms with van der Waals surface area (Å²) in [5.41, 5.74) is 1.84. The van der Waals surface area contributed by atoms with Crippen molar-refractivity contribution in [1.82, 2.24) is 10.0 Å². The van der Waals surface area contributed by atoms with Gasteiger partial charge >= 0.3 is 0 Å². The number of rotatable bonds is 9. The second-order valence-electron chi connectivity index (χ2n) is 6.49. The fourth-order valence-electron chi connectivity index (χ4n) is 2.46. The van der Waals surface area contributed by atoms with Gasteiger partial charge in [-0.1, -0.05) is 31.2 Å². The third kappa shape index (κ3) is 6.69. The summed E-state index contributed by atoms with van der Waals surface area (Å²) in [5.74, 6) is 0.378. The smallest absolute Gasteiger partial charge is 0.258 e. The van der Waals surface area contributed by atoms with E-state index in [0.717, 1.165) is 12.0 Å². The minimum absolute atomic E-state index is 0.0972. The lowest BCUT2D eigenvalue weighted by atomic mass is 10.2. The van der Waals surface area contributed by atoms with E-state index in [4.69, 9.17) is 4.74 Å². The van der Waals surface area contributed by atoms with Crippen molar-refractivity contribution in [2.45, 2.75) is 44.7 Å². The molecule has 0 atom stereocenters. The van der Waals surface area contributed by atoms with Gasteiger partial charge in [0.2, 0.25) is 10.0 Å². The van der Waals surface area contributed by atoms with Crippen LogP contribution in [0.2, 0.25) is 0 Å². The maximum Gasteiger partial charge on any atom is 0.258 e. The molecule has 0 saturated heterocycles. The molecular weight excluding hydrogens is 364 g/mol. The topological polar surface area (TPSA) is 84.5 Å². The molecule has 0 radical (unpaired) electrons. The molecule has 0 aliphatic rings. The summed E-state index contributed by atoms with van der Waals surface area (Å²) in [6, 6.07) is 13.9. The Bertz CT molecular complexity index is 879. The standard InChI is InChI=1S/C20H26N2O4S/c1-4-16-7-5-9-18(11-16)26-14-20(23)21-13-17-8-6-10-19(12-17)27(24,25)22-15(2)3/h5-12,15,22H,4,13-14H2,1-3H3,(H,21,23). The van der Waals surface area contributed by atoms with Crippen LogP contribution in [0.4, 0.5) is 0 Å². The van der Waals surface area contributed by atoms with Crippen LogP contribution in [0.25, 0.3) is 0 Å². The minimum Gasteiger partial charge on any atom is -0.484 e. The highest BCUT2D eigenvalue weighted by atomic mass is 32.2. The summed E-state index contributed by atoms with van der Waals surface area (Å²) < 4.78 is 32.5. The highest BCUT2D eigenvalue weighted by Gasteiger charge is 2.15. The Morgan fingerprint density at radius 1 is 1.07 bits per heavy atom. The largest absolute Gasteiger partial charge is 0.484 e. The zero-order chi connectivity index (χ0) is 19.9. The van der Waals surface area contributed by atoms with Gasteiger partial charge in [0.25, 0.3) is 5.91 Å². The van der Waals surface area contributed by atoms with Gasteiger partial charge in [0.1, 0.15) is 5.75 Å². The van der Waals surface area contributed by atoms with E-state index < -0.39 is 10.0 Å². The Kier molecular flexibility index (Phi) is 7.38. The van der Waals surface area contributed by atoms with E-state index in [1.54, 1.807) is 32.0 Å². The quantitative estimate of drug-likeness (QED) is 0.689. The van der Waals surface area contributed by atoms with Crippen LogP contribution in [0.1, 0.15) is 31.9 Å². The van der Waals surface area contributed by atoms with Crippen LogP contribution < -0.4 is 14.8 Å². The molecule has 0 aromatic heterocycles. The second-order valence-corrected chi connectivity index (χ2v) is 8.20. The minimum atomic E-state index is -3.56. The summed E-state index contributed by atoms with van der Waals surface area (Å²) in [4.78, 5) is 12.2. The van der Waals surface area contributed by atoms with Gasteiger partial charge in [-0.15, -0.1) is 0 Å². The number of nitrogens with one attached hydrogen (secondary N) is 2. The van der Waals surface area contributed by atoms with Crippen molar-refractivity contribution >= 4 is 15.9 Å². The zero-order valence-corrected chi connectivity index (χ0v) is 16.7. The highest BCUT2D eigenvalue weighted by Crippen LogP contribution is 2.14. The van der Waals surface area contributed by atoms with E-state index in [-0.39, 0.29) is 30.0 Å². The molecule has 7 heteroatoms. The van der Waals surface area contributed by atoms with Gasteiger partial charge in [-0.05, 0) is 55.7 Å². The molecule has 0 heterocycles. The Balaban J connectivity index is 1.90. The van der Waals surface area contributed by atoms with Gasteiger partial charge in [-0.25, -0.2) is 13.1 Å². The molecule has 2 rings (SSSR count). The van der Waals surface area contributed by atoms with Crippen LogP contribution in [0.3, 0.4) is 0 Å². The number of hydrogen-bond acceptors (Lipinski definition) is 4. The Morgan fingerprint density at radius 3 is 2.48 bits per heavy atom. The summed E-state index contributed by atoms with van der Waals surface area (Å²) >= 11 is 0. The number of amides is 1. The monoisotopic (exact) mass is 390 g/mol. The zero-order valence-electron chi connectivity index (χ0n) is 15.9. The number of carbonyl (C=O) groups excluding carboxylic acids is 1. The maximum atomic E-state index is 12.2. The first-order valence-electron chi connectivity index (χ1n) is 8.90. The van der Waals surface area contributed by atoms with Crippen molar-refractivity contribution in [3.05, 3.63) is 59.7 Å². The van der Waals surface area contributed by atoms with Crippen LogP contribution in [-0.2, 0) is 27.8 Å². The number of ether oxygens (including phenoxy) is 1. The fourth-order valence-corrected chi connectivity index (χ4v) is 3.78. The van der Waals surface area contributed by atoms with E-state index >= 15 is 0 Å². The lowest BCUT2D eigenvalue weighted by Gasteiger charge is -2.11. The predicted molar refractivity (Wildman–Crippen MR) is 105 cm³/mol. The predicted octanol–water partition coefficient (Wildman–Crippen LogP) is 2.63.